The Kier molecular flexibility index (Phi) is 3.91. The molecule has 0 amide bonds. The summed E-state index contributed by atoms with van der Waals surface area (Å²) in [4.78, 5) is 17.7. The van der Waals surface area contributed by atoms with Crippen molar-refractivity contribution in [1.29, 1.82) is 0 Å². The van der Waals surface area contributed by atoms with Gasteiger partial charge in [-0.25, -0.2) is 4.98 Å². The zero-order chi connectivity index (χ0) is 13.8. The summed E-state index contributed by atoms with van der Waals surface area (Å²) in [5, 5.41) is 10.7. The number of nitrogens with zero attached hydrogens (tertiary/aromatic N) is 2. The van der Waals surface area contributed by atoms with Crippen LogP contribution in [-0.4, -0.2) is 14.9 Å². The van der Waals surface area contributed by atoms with Gasteiger partial charge in [-0.3, -0.25) is 10.1 Å². The third kappa shape index (κ3) is 2.97. The number of nitrogens with one attached hydrogen (secondary N) is 1. The molecule has 0 saturated heterocycles. The lowest BCUT2D eigenvalue weighted by Crippen LogP contribution is -2.11. The highest BCUT2D eigenvalue weighted by Gasteiger charge is 2.12. The van der Waals surface area contributed by atoms with Gasteiger partial charge in [-0.05, 0) is 6.42 Å². The van der Waals surface area contributed by atoms with Crippen LogP contribution < -0.4 is 5.73 Å². The molecule has 3 N–H and O–H groups in total. The van der Waals surface area contributed by atoms with Gasteiger partial charge in [0, 0.05) is 17.7 Å². The number of imidazole rings is 1. The molecule has 0 aliphatic carbocycles. The highest BCUT2D eigenvalue weighted by atomic mass is 16.6. The Bertz CT molecular complexity index is 580. The van der Waals surface area contributed by atoms with Gasteiger partial charge in [-0.15, -0.1) is 0 Å². The third-order valence-corrected chi connectivity index (χ3v) is 2.91. The normalized spacial score (nSPS) is 12.3. The molecular weight excluding hydrogens is 244 g/mol. The Labute approximate surface area is 110 Å². The first-order chi connectivity index (χ1) is 9.11. The highest BCUT2D eigenvalue weighted by Crippen LogP contribution is 2.23. The van der Waals surface area contributed by atoms with E-state index < -0.39 is 4.92 Å². The van der Waals surface area contributed by atoms with Gasteiger partial charge in [-0.1, -0.05) is 25.5 Å². The molecule has 0 radical (unpaired) electrons. The van der Waals surface area contributed by atoms with E-state index in [2.05, 4.69) is 16.9 Å². The van der Waals surface area contributed by atoms with E-state index in [1.165, 1.54) is 12.1 Å². The first-order valence-corrected chi connectivity index (χ1v) is 6.17. The van der Waals surface area contributed by atoms with Crippen LogP contribution in [-0.2, 0) is 0 Å². The SMILES string of the molecule is CCCC(N)c1ncc(-c2cccc([N+](=O)[O-])c2)[nH]1. The summed E-state index contributed by atoms with van der Waals surface area (Å²) >= 11 is 0. The van der Waals surface area contributed by atoms with Crippen molar-refractivity contribution in [3.05, 3.63) is 46.4 Å². The van der Waals surface area contributed by atoms with Crippen LogP contribution >= 0.6 is 0 Å². The van der Waals surface area contributed by atoms with Crippen molar-refractivity contribution in [2.24, 2.45) is 5.73 Å². The predicted octanol–water partition coefficient (Wildman–Crippen LogP) is 2.78. The lowest BCUT2D eigenvalue weighted by molar-refractivity contribution is -0.384. The first kappa shape index (κ1) is 13.2. The van der Waals surface area contributed by atoms with Crippen LogP contribution in [0.1, 0.15) is 31.6 Å². The fourth-order valence-corrected chi connectivity index (χ4v) is 1.91. The van der Waals surface area contributed by atoms with Crippen molar-refractivity contribution in [2.45, 2.75) is 25.8 Å². The maximum Gasteiger partial charge on any atom is 0.270 e. The molecule has 0 bridgehead atoms. The van der Waals surface area contributed by atoms with Crippen LogP contribution in [0.2, 0.25) is 0 Å². The van der Waals surface area contributed by atoms with Crippen LogP contribution in [0.15, 0.2) is 30.5 Å². The average Bonchev–Trinajstić information content (AvgIpc) is 2.89. The van der Waals surface area contributed by atoms with Crippen molar-refractivity contribution in [2.75, 3.05) is 0 Å². The van der Waals surface area contributed by atoms with Crippen LogP contribution in [0.25, 0.3) is 11.3 Å². The molecule has 0 saturated carbocycles. The zero-order valence-electron chi connectivity index (χ0n) is 10.7. The number of hydrogen-bond donors (Lipinski definition) is 2. The number of benzene rings is 1. The molecule has 0 aliphatic heterocycles. The third-order valence-electron chi connectivity index (χ3n) is 2.91. The second-order valence-corrected chi connectivity index (χ2v) is 4.38. The number of aromatic nitrogens is 2. The Morgan fingerprint density at radius 2 is 2.32 bits per heavy atom. The topological polar surface area (TPSA) is 97.8 Å². The van der Waals surface area contributed by atoms with E-state index >= 15 is 0 Å². The van der Waals surface area contributed by atoms with Crippen LogP contribution in [0, 0.1) is 10.1 Å². The van der Waals surface area contributed by atoms with E-state index in [0.29, 0.717) is 5.82 Å². The molecule has 1 aromatic carbocycles. The summed E-state index contributed by atoms with van der Waals surface area (Å²) < 4.78 is 0. The summed E-state index contributed by atoms with van der Waals surface area (Å²) in [6, 6.07) is 6.31. The molecule has 2 rings (SSSR count). The first-order valence-electron chi connectivity index (χ1n) is 6.17. The van der Waals surface area contributed by atoms with Gasteiger partial charge in [0.25, 0.3) is 5.69 Å². The maximum atomic E-state index is 10.7. The lowest BCUT2D eigenvalue weighted by atomic mass is 10.1. The number of H-pyrrole nitrogens is 1. The van der Waals surface area contributed by atoms with Crippen molar-refractivity contribution in [3.63, 3.8) is 0 Å². The summed E-state index contributed by atoms with van der Waals surface area (Å²) in [7, 11) is 0. The summed E-state index contributed by atoms with van der Waals surface area (Å²) in [6.07, 6.45) is 3.49. The standard InChI is InChI=1S/C13H16N4O2/c1-2-4-11(14)13-15-8-12(16-13)9-5-3-6-10(7-9)17(18)19/h3,5-8,11H,2,4,14H2,1H3,(H,15,16). The molecule has 100 valence electrons. The Hall–Kier alpha value is -2.21. The van der Waals surface area contributed by atoms with Crippen molar-refractivity contribution >= 4 is 5.69 Å². The van der Waals surface area contributed by atoms with Gasteiger partial charge in [0.2, 0.25) is 0 Å². The number of nitro groups is 1. The molecule has 6 heteroatoms. The monoisotopic (exact) mass is 260 g/mol. The van der Waals surface area contributed by atoms with Gasteiger partial charge in [0.1, 0.15) is 5.82 Å². The second kappa shape index (κ2) is 5.62. The molecule has 1 aromatic heterocycles. The molecule has 6 nitrogen and oxygen atoms in total. The fraction of sp³-hybridized carbons (Fsp3) is 0.308. The van der Waals surface area contributed by atoms with Gasteiger partial charge in [0.15, 0.2) is 0 Å². The molecular formula is C13H16N4O2. The van der Waals surface area contributed by atoms with Gasteiger partial charge >= 0.3 is 0 Å². The fourth-order valence-electron chi connectivity index (χ4n) is 1.91. The second-order valence-electron chi connectivity index (χ2n) is 4.38. The van der Waals surface area contributed by atoms with Crippen molar-refractivity contribution in [3.8, 4) is 11.3 Å². The van der Waals surface area contributed by atoms with Crippen molar-refractivity contribution in [1.82, 2.24) is 9.97 Å². The molecule has 0 spiro atoms. The maximum absolute atomic E-state index is 10.7. The number of nitro benzene ring substituents is 1. The Balaban J connectivity index is 2.27. The summed E-state index contributed by atoms with van der Waals surface area (Å²) in [5.74, 6) is 0.711. The van der Waals surface area contributed by atoms with Gasteiger partial charge in [0.05, 0.1) is 22.9 Å². The quantitative estimate of drug-likeness (QED) is 0.638. The van der Waals surface area contributed by atoms with Gasteiger partial charge in [-0.2, -0.15) is 0 Å². The summed E-state index contributed by atoms with van der Waals surface area (Å²) in [6.45, 7) is 2.06. The molecule has 1 unspecified atom stereocenters. The number of nitrogens with two attached hydrogens (primary N) is 1. The number of rotatable bonds is 5. The minimum atomic E-state index is -0.413. The van der Waals surface area contributed by atoms with Gasteiger partial charge < -0.3 is 10.7 Å². The molecule has 0 aliphatic rings. The molecule has 19 heavy (non-hydrogen) atoms. The van der Waals surface area contributed by atoms with E-state index in [4.69, 9.17) is 5.73 Å². The zero-order valence-corrected chi connectivity index (χ0v) is 10.7. The van der Waals surface area contributed by atoms with Crippen LogP contribution in [0.5, 0.6) is 0 Å². The minimum Gasteiger partial charge on any atom is -0.341 e. The van der Waals surface area contributed by atoms with Crippen LogP contribution in [0.3, 0.4) is 0 Å². The minimum absolute atomic E-state index is 0.0616. The lowest BCUT2D eigenvalue weighted by Gasteiger charge is -2.05. The number of hydrogen-bond acceptors (Lipinski definition) is 4. The van der Waals surface area contributed by atoms with Crippen molar-refractivity contribution < 1.29 is 4.92 Å². The largest absolute Gasteiger partial charge is 0.341 e. The smallest absolute Gasteiger partial charge is 0.270 e. The Morgan fingerprint density at radius 3 is 3.00 bits per heavy atom. The molecule has 1 atom stereocenters. The number of aromatic amines is 1. The Morgan fingerprint density at radius 1 is 1.53 bits per heavy atom. The highest BCUT2D eigenvalue weighted by molar-refractivity contribution is 5.62. The molecule has 2 aromatic rings. The van der Waals surface area contributed by atoms with E-state index in [0.717, 1.165) is 24.1 Å². The average molecular weight is 260 g/mol. The predicted molar refractivity (Wildman–Crippen MR) is 72.5 cm³/mol. The molecule has 0 fully saturated rings. The van der Waals surface area contributed by atoms with E-state index in [-0.39, 0.29) is 11.7 Å². The summed E-state index contributed by atoms with van der Waals surface area (Å²) in [5.41, 5.74) is 7.51. The van der Waals surface area contributed by atoms with Crippen LogP contribution in [0.4, 0.5) is 5.69 Å². The van der Waals surface area contributed by atoms with E-state index in [9.17, 15) is 10.1 Å². The number of non-ortho nitro benzene ring substituents is 1. The molecule has 1 heterocycles. The van der Waals surface area contributed by atoms with E-state index in [1.54, 1.807) is 18.3 Å². The van der Waals surface area contributed by atoms with E-state index in [1.807, 2.05) is 0 Å².